The normalized spacial score (nSPS) is 17.0. The lowest BCUT2D eigenvalue weighted by molar-refractivity contribution is 0.0664. The monoisotopic (exact) mass is 355 g/mol. The van der Waals surface area contributed by atoms with Crippen LogP contribution in [0.4, 0.5) is 5.82 Å². The number of rotatable bonds is 5. The fourth-order valence-corrected chi connectivity index (χ4v) is 3.11. The first-order valence-electron chi connectivity index (χ1n) is 8.65. The molecule has 0 saturated carbocycles. The zero-order valence-corrected chi connectivity index (χ0v) is 14.6. The summed E-state index contributed by atoms with van der Waals surface area (Å²) in [7, 11) is 0. The van der Waals surface area contributed by atoms with Gasteiger partial charge in [-0.2, -0.15) is 4.98 Å². The number of hydrogen-bond donors (Lipinski definition) is 2. The zero-order chi connectivity index (χ0) is 18.1. The lowest BCUT2D eigenvalue weighted by Crippen LogP contribution is -2.18. The molecule has 1 saturated heterocycles. The number of nitrogens with two attached hydrogens (primary N) is 1. The van der Waals surface area contributed by atoms with Crippen LogP contribution in [0.3, 0.4) is 0 Å². The Morgan fingerprint density at radius 2 is 2.35 bits per heavy atom. The highest BCUT2D eigenvalue weighted by molar-refractivity contribution is 5.85. The summed E-state index contributed by atoms with van der Waals surface area (Å²) in [6, 6.07) is 5.61. The van der Waals surface area contributed by atoms with Gasteiger partial charge in [-0.15, -0.1) is 0 Å². The lowest BCUT2D eigenvalue weighted by Gasteiger charge is -2.11. The molecule has 8 nitrogen and oxygen atoms in total. The molecule has 1 aliphatic heterocycles. The summed E-state index contributed by atoms with van der Waals surface area (Å²) in [5, 5.41) is 0. The minimum atomic E-state index is -0.245. The highest BCUT2D eigenvalue weighted by Gasteiger charge is 2.18. The molecule has 3 aromatic rings. The van der Waals surface area contributed by atoms with Gasteiger partial charge in [-0.25, -0.2) is 4.79 Å². The Morgan fingerprint density at radius 3 is 3.08 bits per heavy atom. The number of imidazole rings is 1. The minimum absolute atomic E-state index is 0.0840. The molecule has 1 atom stereocenters. The van der Waals surface area contributed by atoms with Crippen molar-refractivity contribution in [2.45, 2.75) is 32.4 Å². The third kappa shape index (κ3) is 3.28. The second-order valence-electron chi connectivity index (χ2n) is 6.51. The van der Waals surface area contributed by atoms with E-state index in [1.54, 1.807) is 16.8 Å². The number of nitrogen functional groups attached to an aromatic ring is 1. The van der Waals surface area contributed by atoms with Gasteiger partial charge >= 0.3 is 5.69 Å². The maximum absolute atomic E-state index is 12.4. The average molecular weight is 355 g/mol. The van der Waals surface area contributed by atoms with Crippen LogP contribution in [0.2, 0.25) is 0 Å². The number of aryl methyl sites for hydroxylation is 1. The molecule has 0 spiro atoms. The summed E-state index contributed by atoms with van der Waals surface area (Å²) < 4.78 is 12.9. The molecule has 8 heteroatoms. The molecule has 0 unspecified atom stereocenters. The molecular weight excluding hydrogens is 334 g/mol. The van der Waals surface area contributed by atoms with Crippen molar-refractivity contribution >= 4 is 16.9 Å². The van der Waals surface area contributed by atoms with Gasteiger partial charge in [-0.1, -0.05) is 6.07 Å². The van der Waals surface area contributed by atoms with Gasteiger partial charge in [0.05, 0.1) is 18.2 Å². The molecule has 1 fully saturated rings. The van der Waals surface area contributed by atoms with Gasteiger partial charge in [0.1, 0.15) is 12.1 Å². The van der Waals surface area contributed by atoms with E-state index in [0.29, 0.717) is 30.1 Å². The number of aromatic amines is 1. The van der Waals surface area contributed by atoms with Gasteiger partial charge in [0.2, 0.25) is 5.88 Å². The summed E-state index contributed by atoms with van der Waals surface area (Å²) in [4.78, 5) is 23.7. The molecule has 136 valence electrons. The summed E-state index contributed by atoms with van der Waals surface area (Å²) in [5.41, 5.74) is 8.80. The molecule has 0 aromatic carbocycles. The summed E-state index contributed by atoms with van der Waals surface area (Å²) >= 11 is 0. The van der Waals surface area contributed by atoms with Crippen molar-refractivity contribution in [3.05, 3.63) is 46.1 Å². The van der Waals surface area contributed by atoms with E-state index in [0.717, 1.165) is 30.7 Å². The topological polar surface area (TPSA) is 108 Å². The number of ether oxygens (including phenoxy) is 2. The maximum Gasteiger partial charge on any atom is 0.326 e. The first kappa shape index (κ1) is 16.6. The van der Waals surface area contributed by atoms with Crippen LogP contribution >= 0.6 is 0 Å². The summed E-state index contributed by atoms with van der Waals surface area (Å²) in [5.74, 6) is 0.628. The maximum atomic E-state index is 12.4. The number of pyridine rings is 2. The van der Waals surface area contributed by atoms with Gasteiger partial charge in [0, 0.05) is 24.6 Å². The van der Waals surface area contributed by atoms with Crippen molar-refractivity contribution < 1.29 is 9.47 Å². The minimum Gasteiger partial charge on any atom is -0.475 e. The van der Waals surface area contributed by atoms with Crippen LogP contribution in [0, 0.1) is 6.92 Å². The van der Waals surface area contributed by atoms with Crippen molar-refractivity contribution in [3.8, 4) is 5.88 Å². The molecule has 0 bridgehead atoms. The van der Waals surface area contributed by atoms with Crippen LogP contribution in [0.5, 0.6) is 5.88 Å². The first-order valence-corrected chi connectivity index (χ1v) is 8.65. The number of fused-ring (bicyclic) bond motifs is 1. The molecule has 0 radical (unpaired) electrons. The second-order valence-corrected chi connectivity index (χ2v) is 6.51. The Balaban J connectivity index is 1.64. The molecule has 1 aliphatic rings. The van der Waals surface area contributed by atoms with E-state index >= 15 is 0 Å². The summed E-state index contributed by atoms with van der Waals surface area (Å²) in [6.45, 7) is 3.51. The van der Waals surface area contributed by atoms with Gasteiger partial charge in [0.25, 0.3) is 0 Å². The zero-order valence-electron chi connectivity index (χ0n) is 14.6. The average Bonchev–Trinajstić information content (AvgIpc) is 3.24. The van der Waals surface area contributed by atoms with Crippen LogP contribution in [-0.2, 0) is 11.3 Å². The number of nitrogens with zero attached hydrogens (tertiary/aromatic N) is 3. The van der Waals surface area contributed by atoms with Crippen molar-refractivity contribution in [3.63, 3.8) is 0 Å². The van der Waals surface area contributed by atoms with Gasteiger partial charge < -0.3 is 20.2 Å². The quantitative estimate of drug-likeness (QED) is 0.720. The molecule has 3 aromatic heterocycles. The number of aromatic nitrogens is 4. The number of anilines is 1. The standard InChI is InChI=1S/C18H21N5O3/c1-11-4-5-12(8-20-11)9-23-14-7-15(26-10-13-3-2-6-25-13)21-17(19)16(14)22-18(23)24/h4-5,7-8,13H,2-3,6,9-10H2,1H3,(H2,19,21)(H,22,24)/t13-/m0/s1. The molecule has 0 amide bonds. The SMILES string of the molecule is Cc1ccc(Cn2c(=O)[nH]c3c(N)nc(OC[C@@H]4CCCO4)cc32)cn1. The van der Waals surface area contributed by atoms with Gasteiger partial charge in [-0.05, 0) is 31.4 Å². The smallest absolute Gasteiger partial charge is 0.326 e. The fraction of sp³-hybridized carbons (Fsp3) is 0.389. The predicted octanol–water partition coefficient (Wildman–Crippen LogP) is 1.62. The third-order valence-electron chi connectivity index (χ3n) is 4.53. The third-order valence-corrected chi connectivity index (χ3v) is 4.53. The van der Waals surface area contributed by atoms with Crippen LogP contribution in [-0.4, -0.2) is 38.8 Å². The Morgan fingerprint density at radius 1 is 1.46 bits per heavy atom. The lowest BCUT2D eigenvalue weighted by atomic mass is 10.2. The van der Waals surface area contributed by atoms with E-state index in [9.17, 15) is 4.79 Å². The fourth-order valence-electron chi connectivity index (χ4n) is 3.11. The van der Waals surface area contributed by atoms with Crippen molar-refractivity contribution in [1.82, 2.24) is 19.5 Å². The molecule has 0 aliphatic carbocycles. The largest absolute Gasteiger partial charge is 0.475 e. The van der Waals surface area contributed by atoms with Crippen molar-refractivity contribution in [1.29, 1.82) is 0 Å². The highest BCUT2D eigenvalue weighted by Crippen LogP contribution is 2.23. The van der Waals surface area contributed by atoms with E-state index in [-0.39, 0.29) is 17.6 Å². The molecule has 4 heterocycles. The summed E-state index contributed by atoms with van der Waals surface area (Å²) in [6.07, 6.45) is 3.87. The molecular formula is C18H21N5O3. The van der Waals surface area contributed by atoms with E-state index in [2.05, 4.69) is 15.0 Å². The second kappa shape index (κ2) is 6.80. The Hall–Kier alpha value is -2.87. The van der Waals surface area contributed by atoms with Crippen LogP contribution in [0.25, 0.3) is 11.0 Å². The molecule has 26 heavy (non-hydrogen) atoms. The van der Waals surface area contributed by atoms with E-state index in [4.69, 9.17) is 15.2 Å². The number of hydrogen-bond acceptors (Lipinski definition) is 6. The van der Waals surface area contributed by atoms with Crippen LogP contribution in [0.15, 0.2) is 29.2 Å². The highest BCUT2D eigenvalue weighted by atomic mass is 16.5. The molecule has 4 rings (SSSR count). The van der Waals surface area contributed by atoms with E-state index in [1.165, 1.54) is 0 Å². The molecule has 3 N–H and O–H groups in total. The Kier molecular flexibility index (Phi) is 4.34. The van der Waals surface area contributed by atoms with E-state index in [1.807, 2.05) is 19.1 Å². The van der Waals surface area contributed by atoms with Gasteiger partial charge in [-0.3, -0.25) is 9.55 Å². The van der Waals surface area contributed by atoms with Crippen LogP contribution < -0.4 is 16.2 Å². The number of H-pyrrole nitrogens is 1. The Bertz CT molecular complexity index is 971. The van der Waals surface area contributed by atoms with Crippen LogP contribution in [0.1, 0.15) is 24.1 Å². The van der Waals surface area contributed by atoms with Crippen molar-refractivity contribution in [2.24, 2.45) is 0 Å². The van der Waals surface area contributed by atoms with Gasteiger partial charge in [0.15, 0.2) is 5.82 Å². The predicted molar refractivity (Wildman–Crippen MR) is 97.3 cm³/mol. The Labute approximate surface area is 150 Å². The van der Waals surface area contributed by atoms with E-state index < -0.39 is 0 Å². The van der Waals surface area contributed by atoms with Crippen molar-refractivity contribution in [2.75, 3.05) is 18.9 Å². The number of nitrogens with one attached hydrogen (secondary N) is 1. The first-order chi connectivity index (χ1) is 12.6.